The van der Waals surface area contributed by atoms with Gasteiger partial charge in [0.25, 0.3) is 0 Å². The molecule has 0 unspecified atom stereocenters. The van der Waals surface area contributed by atoms with E-state index in [0.29, 0.717) is 0 Å². The fraction of sp³-hybridized carbons (Fsp3) is 0.375. The Bertz CT molecular complexity index is 170. The van der Waals surface area contributed by atoms with Crippen molar-refractivity contribution in [3.8, 4) is 0 Å². The van der Waals surface area contributed by atoms with E-state index in [0.717, 1.165) is 11.4 Å². The normalized spacial score (nSPS) is 8.70. The Morgan fingerprint density at radius 2 is 1.40 bits per heavy atom. The van der Waals surface area contributed by atoms with Crippen LogP contribution in [0.1, 0.15) is 17.0 Å². The highest BCUT2D eigenvalue weighted by molar-refractivity contribution is 7.59. The van der Waals surface area contributed by atoms with E-state index in [4.69, 9.17) is 0 Å². The molecule has 2 heteroatoms. The lowest BCUT2D eigenvalue weighted by Gasteiger charge is -1.96. The standard InChI is InChI=1S/C8H11N.H2S/c1-6-4-7(2)9-8(3)5-6;/h4-5H,1-3H3;1H2. The van der Waals surface area contributed by atoms with Crippen molar-refractivity contribution < 1.29 is 0 Å². The van der Waals surface area contributed by atoms with Gasteiger partial charge in [-0.25, -0.2) is 0 Å². The van der Waals surface area contributed by atoms with Gasteiger partial charge in [0.05, 0.1) is 0 Å². The Morgan fingerprint density at radius 1 is 1.00 bits per heavy atom. The molecule has 0 aromatic carbocycles. The molecule has 0 amide bonds. The van der Waals surface area contributed by atoms with Crippen LogP contribution in [0.25, 0.3) is 0 Å². The second kappa shape index (κ2) is 3.62. The Morgan fingerprint density at radius 3 is 1.70 bits per heavy atom. The summed E-state index contributed by atoms with van der Waals surface area (Å²) in [6.45, 7) is 6.11. The van der Waals surface area contributed by atoms with Crippen molar-refractivity contribution in [2.24, 2.45) is 0 Å². The van der Waals surface area contributed by atoms with Crippen molar-refractivity contribution in [1.82, 2.24) is 4.98 Å². The van der Waals surface area contributed by atoms with Crippen molar-refractivity contribution in [3.05, 3.63) is 29.1 Å². The quantitative estimate of drug-likeness (QED) is 0.559. The topological polar surface area (TPSA) is 12.9 Å². The van der Waals surface area contributed by atoms with Gasteiger partial charge in [0.1, 0.15) is 0 Å². The number of hydrogen-bond acceptors (Lipinski definition) is 1. The van der Waals surface area contributed by atoms with Gasteiger partial charge in [-0.05, 0) is 38.5 Å². The molecule has 56 valence electrons. The summed E-state index contributed by atoms with van der Waals surface area (Å²) in [6, 6.07) is 4.15. The lowest BCUT2D eigenvalue weighted by molar-refractivity contribution is 1.10. The lowest BCUT2D eigenvalue weighted by atomic mass is 10.2. The molecule has 0 N–H and O–H groups in total. The molecular weight excluding hydrogens is 142 g/mol. The maximum atomic E-state index is 4.23. The van der Waals surface area contributed by atoms with Gasteiger partial charge >= 0.3 is 0 Å². The van der Waals surface area contributed by atoms with Crippen LogP contribution in [0.15, 0.2) is 12.1 Å². The van der Waals surface area contributed by atoms with Crippen molar-refractivity contribution in [2.45, 2.75) is 20.8 Å². The van der Waals surface area contributed by atoms with E-state index in [1.807, 2.05) is 13.8 Å². The van der Waals surface area contributed by atoms with Crippen molar-refractivity contribution in [3.63, 3.8) is 0 Å². The lowest BCUT2D eigenvalue weighted by Crippen LogP contribution is -1.85. The highest BCUT2D eigenvalue weighted by Crippen LogP contribution is 2.01. The van der Waals surface area contributed by atoms with Crippen LogP contribution in [0, 0.1) is 20.8 Å². The molecule has 0 aliphatic rings. The van der Waals surface area contributed by atoms with Crippen LogP contribution in [-0.2, 0) is 0 Å². The largest absolute Gasteiger partial charge is 0.258 e. The zero-order chi connectivity index (χ0) is 6.85. The Kier molecular flexibility index (Phi) is 3.43. The third-order valence-electron chi connectivity index (χ3n) is 1.23. The maximum absolute atomic E-state index is 4.23. The first-order valence-corrected chi connectivity index (χ1v) is 3.10. The van der Waals surface area contributed by atoms with E-state index in [9.17, 15) is 0 Å². The molecule has 0 saturated carbocycles. The molecule has 1 aromatic rings. The predicted octanol–water partition coefficient (Wildman–Crippen LogP) is 2.12. The van der Waals surface area contributed by atoms with E-state index < -0.39 is 0 Å². The van der Waals surface area contributed by atoms with Gasteiger partial charge in [-0.3, -0.25) is 4.98 Å². The van der Waals surface area contributed by atoms with Gasteiger partial charge < -0.3 is 0 Å². The summed E-state index contributed by atoms with van der Waals surface area (Å²) in [5.41, 5.74) is 3.50. The molecule has 1 rings (SSSR count). The average Bonchev–Trinajstić information content (AvgIpc) is 1.59. The second-order valence-electron chi connectivity index (χ2n) is 2.43. The second-order valence-corrected chi connectivity index (χ2v) is 2.43. The van der Waals surface area contributed by atoms with E-state index >= 15 is 0 Å². The minimum absolute atomic E-state index is 0. The van der Waals surface area contributed by atoms with Crippen molar-refractivity contribution in [2.75, 3.05) is 0 Å². The Balaban J connectivity index is 0.000000810. The summed E-state index contributed by atoms with van der Waals surface area (Å²) >= 11 is 0. The smallest absolute Gasteiger partial charge is 0.0378 e. The zero-order valence-corrected chi connectivity index (χ0v) is 7.60. The van der Waals surface area contributed by atoms with Crippen LogP contribution in [0.3, 0.4) is 0 Å². The minimum Gasteiger partial charge on any atom is -0.258 e. The average molecular weight is 155 g/mol. The molecule has 1 aromatic heterocycles. The fourth-order valence-electron chi connectivity index (χ4n) is 1.04. The summed E-state index contributed by atoms with van der Waals surface area (Å²) in [5, 5.41) is 0. The number of hydrogen-bond donors (Lipinski definition) is 0. The molecule has 0 fully saturated rings. The van der Waals surface area contributed by atoms with Crippen LogP contribution in [0.5, 0.6) is 0 Å². The summed E-state index contributed by atoms with van der Waals surface area (Å²) in [6.07, 6.45) is 0. The number of pyridine rings is 1. The molecule has 0 aliphatic heterocycles. The highest BCUT2D eigenvalue weighted by atomic mass is 32.1. The molecular formula is C8H13NS. The molecule has 0 spiro atoms. The third-order valence-corrected chi connectivity index (χ3v) is 1.23. The molecule has 1 nitrogen and oxygen atoms in total. The van der Waals surface area contributed by atoms with E-state index in [1.54, 1.807) is 0 Å². The number of aromatic nitrogens is 1. The van der Waals surface area contributed by atoms with Crippen LogP contribution >= 0.6 is 13.5 Å². The first-order valence-electron chi connectivity index (χ1n) is 3.10. The van der Waals surface area contributed by atoms with E-state index in [-0.39, 0.29) is 13.5 Å². The number of rotatable bonds is 0. The molecule has 1 heterocycles. The van der Waals surface area contributed by atoms with Crippen molar-refractivity contribution >= 4 is 13.5 Å². The van der Waals surface area contributed by atoms with Crippen molar-refractivity contribution in [1.29, 1.82) is 0 Å². The van der Waals surface area contributed by atoms with Crippen LogP contribution in [0.2, 0.25) is 0 Å². The molecule has 0 aliphatic carbocycles. The number of aryl methyl sites for hydroxylation is 3. The van der Waals surface area contributed by atoms with Crippen LogP contribution in [-0.4, -0.2) is 4.98 Å². The van der Waals surface area contributed by atoms with Crippen LogP contribution < -0.4 is 0 Å². The van der Waals surface area contributed by atoms with Gasteiger partial charge in [-0.1, -0.05) is 0 Å². The van der Waals surface area contributed by atoms with Crippen LogP contribution in [0.4, 0.5) is 0 Å². The van der Waals surface area contributed by atoms with Gasteiger partial charge in [-0.15, -0.1) is 0 Å². The minimum atomic E-state index is 0. The van der Waals surface area contributed by atoms with E-state index in [1.165, 1.54) is 5.56 Å². The van der Waals surface area contributed by atoms with E-state index in [2.05, 4.69) is 24.0 Å². The molecule has 0 radical (unpaired) electrons. The monoisotopic (exact) mass is 155 g/mol. The van der Waals surface area contributed by atoms with Gasteiger partial charge in [-0.2, -0.15) is 13.5 Å². The molecule has 10 heavy (non-hydrogen) atoms. The Labute approximate surface area is 68.9 Å². The Hall–Kier alpha value is -0.500. The summed E-state index contributed by atoms with van der Waals surface area (Å²) in [4.78, 5) is 4.23. The molecule has 0 bridgehead atoms. The molecule has 0 atom stereocenters. The summed E-state index contributed by atoms with van der Waals surface area (Å²) in [7, 11) is 0. The van der Waals surface area contributed by atoms with Gasteiger partial charge in [0.2, 0.25) is 0 Å². The fourth-order valence-corrected chi connectivity index (χ4v) is 1.04. The summed E-state index contributed by atoms with van der Waals surface area (Å²) in [5.74, 6) is 0. The maximum Gasteiger partial charge on any atom is 0.0378 e. The summed E-state index contributed by atoms with van der Waals surface area (Å²) < 4.78 is 0. The SMILES string of the molecule is Cc1cc(C)nc(C)c1.S. The van der Waals surface area contributed by atoms with Gasteiger partial charge in [0.15, 0.2) is 0 Å². The van der Waals surface area contributed by atoms with Gasteiger partial charge in [0, 0.05) is 11.4 Å². The molecule has 0 saturated heterocycles. The first-order chi connectivity index (χ1) is 4.18. The third kappa shape index (κ3) is 2.40. The first kappa shape index (κ1) is 9.50. The predicted molar refractivity (Wildman–Crippen MR) is 48.8 cm³/mol. The number of nitrogens with zero attached hydrogens (tertiary/aromatic N) is 1. The zero-order valence-electron chi connectivity index (χ0n) is 6.60. The highest BCUT2D eigenvalue weighted by Gasteiger charge is 1.88.